The predicted molar refractivity (Wildman–Crippen MR) is 45.2 cm³/mol. The number of rotatable bonds is 2. The highest BCUT2D eigenvalue weighted by molar-refractivity contribution is 4.91. The molecule has 0 aromatic carbocycles. The van der Waals surface area contributed by atoms with Crippen LogP contribution >= 0.6 is 0 Å². The normalized spacial score (nSPS) is 12.0. The number of imidazole rings is 1. The molecule has 1 aromatic rings. The van der Waals surface area contributed by atoms with Crippen molar-refractivity contribution in [1.29, 1.82) is 0 Å². The third-order valence-electron chi connectivity index (χ3n) is 1.50. The average molecular weight is 153 g/mol. The second-order valence-electron chi connectivity index (χ2n) is 3.59. The maximum atomic E-state index is 5.85. The first-order valence-electron chi connectivity index (χ1n) is 3.76. The SMILES string of the molecule is Cc1nccn1CC(C)(C)N. The fourth-order valence-electron chi connectivity index (χ4n) is 1.01. The van der Waals surface area contributed by atoms with E-state index in [4.69, 9.17) is 5.73 Å². The summed E-state index contributed by atoms with van der Waals surface area (Å²) in [6, 6.07) is 0. The summed E-state index contributed by atoms with van der Waals surface area (Å²) in [6.07, 6.45) is 3.74. The van der Waals surface area contributed by atoms with Crippen molar-refractivity contribution in [3.05, 3.63) is 18.2 Å². The zero-order valence-electron chi connectivity index (χ0n) is 7.33. The van der Waals surface area contributed by atoms with Crippen LogP contribution in [0.25, 0.3) is 0 Å². The first kappa shape index (κ1) is 8.27. The highest BCUT2D eigenvalue weighted by Gasteiger charge is 2.11. The van der Waals surface area contributed by atoms with Crippen molar-refractivity contribution in [3.63, 3.8) is 0 Å². The van der Waals surface area contributed by atoms with E-state index in [2.05, 4.69) is 9.55 Å². The van der Waals surface area contributed by atoms with Gasteiger partial charge in [0.1, 0.15) is 5.82 Å². The van der Waals surface area contributed by atoms with Crippen molar-refractivity contribution < 1.29 is 0 Å². The molecule has 3 nitrogen and oxygen atoms in total. The van der Waals surface area contributed by atoms with Crippen LogP contribution in [0.15, 0.2) is 12.4 Å². The molecule has 0 radical (unpaired) electrons. The van der Waals surface area contributed by atoms with Crippen molar-refractivity contribution in [2.24, 2.45) is 5.73 Å². The van der Waals surface area contributed by atoms with Gasteiger partial charge in [0.15, 0.2) is 0 Å². The van der Waals surface area contributed by atoms with E-state index in [1.54, 1.807) is 6.20 Å². The van der Waals surface area contributed by atoms with Gasteiger partial charge in [0.25, 0.3) is 0 Å². The van der Waals surface area contributed by atoms with Gasteiger partial charge >= 0.3 is 0 Å². The van der Waals surface area contributed by atoms with Crippen LogP contribution in [0, 0.1) is 6.92 Å². The summed E-state index contributed by atoms with van der Waals surface area (Å²) >= 11 is 0. The fourth-order valence-corrected chi connectivity index (χ4v) is 1.01. The van der Waals surface area contributed by atoms with Crippen molar-refractivity contribution >= 4 is 0 Å². The lowest BCUT2D eigenvalue weighted by molar-refractivity contribution is 0.428. The molecule has 1 aromatic heterocycles. The molecule has 0 aliphatic heterocycles. The molecule has 3 heteroatoms. The molecule has 1 rings (SSSR count). The summed E-state index contributed by atoms with van der Waals surface area (Å²) in [4.78, 5) is 4.11. The summed E-state index contributed by atoms with van der Waals surface area (Å²) in [5, 5.41) is 0. The third-order valence-corrected chi connectivity index (χ3v) is 1.50. The minimum atomic E-state index is -0.161. The molecule has 0 spiro atoms. The molecule has 2 N–H and O–H groups in total. The van der Waals surface area contributed by atoms with E-state index in [-0.39, 0.29) is 5.54 Å². The van der Waals surface area contributed by atoms with Gasteiger partial charge in [-0.25, -0.2) is 4.98 Å². The Bertz CT molecular complexity index is 232. The molecular formula is C8H15N3. The van der Waals surface area contributed by atoms with Crippen LogP contribution in [0.1, 0.15) is 19.7 Å². The van der Waals surface area contributed by atoms with Gasteiger partial charge in [-0.3, -0.25) is 0 Å². The van der Waals surface area contributed by atoms with E-state index >= 15 is 0 Å². The molecule has 0 aliphatic carbocycles. The summed E-state index contributed by atoms with van der Waals surface area (Å²) in [7, 11) is 0. The van der Waals surface area contributed by atoms with Crippen molar-refractivity contribution in [1.82, 2.24) is 9.55 Å². The lowest BCUT2D eigenvalue weighted by Gasteiger charge is -2.19. The van der Waals surface area contributed by atoms with E-state index in [1.165, 1.54) is 0 Å². The smallest absolute Gasteiger partial charge is 0.105 e. The van der Waals surface area contributed by atoms with Gasteiger partial charge in [0, 0.05) is 24.5 Å². The molecule has 0 saturated carbocycles. The van der Waals surface area contributed by atoms with Crippen LogP contribution in [-0.2, 0) is 6.54 Å². The van der Waals surface area contributed by atoms with Crippen LogP contribution in [0.2, 0.25) is 0 Å². The Kier molecular flexibility index (Phi) is 2.00. The molecule has 0 unspecified atom stereocenters. The largest absolute Gasteiger partial charge is 0.333 e. The first-order chi connectivity index (χ1) is 4.99. The molecular weight excluding hydrogens is 138 g/mol. The Morgan fingerprint density at radius 3 is 2.64 bits per heavy atom. The number of aromatic nitrogens is 2. The van der Waals surface area contributed by atoms with E-state index in [0.717, 1.165) is 12.4 Å². The molecule has 62 valence electrons. The first-order valence-corrected chi connectivity index (χ1v) is 3.76. The second-order valence-corrected chi connectivity index (χ2v) is 3.59. The van der Waals surface area contributed by atoms with Crippen molar-refractivity contribution in [2.45, 2.75) is 32.9 Å². The Hall–Kier alpha value is -0.830. The number of hydrogen-bond donors (Lipinski definition) is 1. The quantitative estimate of drug-likeness (QED) is 0.687. The fraction of sp³-hybridized carbons (Fsp3) is 0.625. The van der Waals surface area contributed by atoms with Gasteiger partial charge in [0.2, 0.25) is 0 Å². The Labute approximate surface area is 67.2 Å². The summed E-state index contributed by atoms with van der Waals surface area (Å²) < 4.78 is 2.06. The van der Waals surface area contributed by atoms with Gasteiger partial charge in [-0.05, 0) is 20.8 Å². The molecule has 0 fully saturated rings. The van der Waals surface area contributed by atoms with Crippen molar-refractivity contribution in [3.8, 4) is 0 Å². The van der Waals surface area contributed by atoms with Gasteiger partial charge in [-0.15, -0.1) is 0 Å². The lowest BCUT2D eigenvalue weighted by atomic mass is 10.1. The Morgan fingerprint density at radius 1 is 1.64 bits per heavy atom. The molecule has 0 bridgehead atoms. The van der Waals surface area contributed by atoms with E-state index < -0.39 is 0 Å². The van der Waals surface area contributed by atoms with Crippen molar-refractivity contribution in [2.75, 3.05) is 0 Å². The third kappa shape index (κ3) is 2.35. The zero-order chi connectivity index (χ0) is 8.48. The summed E-state index contributed by atoms with van der Waals surface area (Å²) in [5.74, 6) is 1.02. The standard InChI is InChI=1S/C8H15N3/c1-7-10-4-5-11(7)6-8(2,3)9/h4-5H,6,9H2,1-3H3. The predicted octanol–water partition coefficient (Wildman–Crippen LogP) is 0.929. The highest BCUT2D eigenvalue weighted by Crippen LogP contribution is 2.04. The van der Waals surface area contributed by atoms with Crippen LogP contribution in [-0.4, -0.2) is 15.1 Å². The number of nitrogens with zero attached hydrogens (tertiary/aromatic N) is 2. The summed E-state index contributed by atoms with van der Waals surface area (Å²) in [6.45, 7) is 6.81. The Balaban J connectivity index is 2.72. The monoisotopic (exact) mass is 153 g/mol. The van der Waals surface area contributed by atoms with Crippen LogP contribution in [0.3, 0.4) is 0 Å². The lowest BCUT2D eigenvalue weighted by Crippen LogP contribution is -2.37. The second kappa shape index (κ2) is 2.66. The Morgan fingerprint density at radius 2 is 2.27 bits per heavy atom. The molecule has 1 heterocycles. The number of nitrogens with two attached hydrogens (primary N) is 1. The van der Waals surface area contributed by atoms with Gasteiger partial charge in [0.05, 0.1) is 0 Å². The van der Waals surface area contributed by atoms with E-state index in [0.29, 0.717) is 0 Å². The zero-order valence-corrected chi connectivity index (χ0v) is 7.33. The van der Waals surface area contributed by atoms with Crippen LogP contribution < -0.4 is 5.73 Å². The van der Waals surface area contributed by atoms with Crippen LogP contribution in [0.5, 0.6) is 0 Å². The van der Waals surface area contributed by atoms with E-state index in [1.807, 2.05) is 27.0 Å². The molecule has 0 amide bonds. The highest BCUT2D eigenvalue weighted by atomic mass is 15.1. The number of hydrogen-bond acceptors (Lipinski definition) is 2. The van der Waals surface area contributed by atoms with Gasteiger partial charge in [-0.2, -0.15) is 0 Å². The van der Waals surface area contributed by atoms with Crippen LogP contribution in [0.4, 0.5) is 0 Å². The van der Waals surface area contributed by atoms with E-state index in [9.17, 15) is 0 Å². The maximum Gasteiger partial charge on any atom is 0.105 e. The van der Waals surface area contributed by atoms with Gasteiger partial charge in [-0.1, -0.05) is 0 Å². The summed E-state index contributed by atoms with van der Waals surface area (Å²) in [5.41, 5.74) is 5.69. The average Bonchev–Trinajstić information content (AvgIpc) is 2.12. The number of aryl methyl sites for hydroxylation is 1. The maximum absolute atomic E-state index is 5.85. The minimum Gasteiger partial charge on any atom is -0.333 e. The minimum absolute atomic E-state index is 0.161. The molecule has 11 heavy (non-hydrogen) atoms. The molecule has 0 atom stereocenters. The molecule has 0 aliphatic rings. The van der Waals surface area contributed by atoms with Gasteiger partial charge < -0.3 is 10.3 Å². The topological polar surface area (TPSA) is 43.8 Å². The molecule has 0 saturated heterocycles.